The van der Waals surface area contributed by atoms with Crippen molar-refractivity contribution in [2.75, 3.05) is 7.05 Å². The van der Waals surface area contributed by atoms with Crippen LogP contribution in [0.1, 0.15) is 34.9 Å². The summed E-state index contributed by atoms with van der Waals surface area (Å²) in [6, 6.07) is 9.67. The van der Waals surface area contributed by atoms with E-state index in [9.17, 15) is 0 Å². The second-order valence-corrected chi connectivity index (χ2v) is 7.64. The van der Waals surface area contributed by atoms with Gasteiger partial charge < -0.3 is 5.32 Å². The van der Waals surface area contributed by atoms with Crippen LogP contribution >= 0.6 is 27.3 Å². The molecule has 1 heterocycles. The van der Waals surface area contributed by atoms with Crippen molar-refractivity contribution >= 4 is 27.3 Å². The van der Waals surface area contributed by atoms with Gasteiger partial charge in [0.15, 0.2) is 0 Å². The second-order valence-electron chi connectivity index (χ2n) is 5.73. The molecule has 20 heavy (non-hydrogen) atoms. The van der Waals surface area contributed by atoms with Crippen LogP contribution in [0.25, 0.3) is 10.4 Å². The van der Waals surface area contributed by atoms with E-state index in [4.69, 9.17) is 0 Å². The molecule has 1 aliphatic rings. The predicted octanol–water partition coefficient (Wildman–Crippen LogP) is 5.46. The van der Waals surface area contributed by atoms with E-state index in [2.05, 4.69) is 66.4 Å². The summed E-state index contributed by atoms with van der Waals surface area (Å²) in [6.45, 7) is 4.32. The zero-order valence-electron chi connectivity index (χ0n) is 12.2. The Morgan fingerprint density at radius 3 is 2.40 bits per heavy atom. The zero-order valence-corrected chi connectivity index (χ0v) is 14.6. The van der Waals surface area contributed by atoms with Crippen LogP contribution in [0.15, 0.2) is 28.7 Å². The van der Waals surface area contributed by atoms with Gasteiger partial charge in [-0.1, -0.05) is 15.9 Å². The van der Waals surface area contributed by atoms with E-state index in [1.54, 1.807) is 0 Å². The lowest BCUT2D eigenvalue weighted by atomic mass is 10.1. The second kappa shape index (κ2) is 5.63. The normalized spacial score (nSPS) is 16.4. The van der Waals surface area contributed by atoms with Gasteiger partial charge in [0.05, 0.1) is 0 Å². The maximum atomic E-state index is 3.65. The molecule has 1 fully saturated rings. The van der Waals surface area contributed by atoms with Gasteiger partial charge >= 0.3 is 0 Å². The van der Waals surface area contributed by atoms with E-state index >= 15 is 0 Å². The number of halogens is 1. The molecule has 0 saturated heterocycles. The molecule has 0 radical (unpaired) electrons. The maximum Gasteiger partial charge on any atom is 0.0441 e. The van der Waals surface area contributed by atoms with E-state index in [0.29, 0.717) is 6.04 Å². The van der Waals surface area contributed by atoms with Crippen LogP contribution in [0.2, 0.25) is 0 Å². The fraction of sp³-hybridized carbons (Fsp3) is 0.412. The Morgan fingerprint density at radius 1 is 1.20 bits per heavy atom. The zero-order chi connectivity index (χ0) is 14.3. The third-order valence-electron chi connectivity index (χ3n) is 4.06. The summed E-state index contributed by atoms with van der Waals surface area (Å²) >= 11 is 5.58. The van der Waals surface area contributed by atoms with Gasteiger partial charge in [0.2, 0.25) is 0 Å². The Bertz CT molecular complexity index is 605. The van der Waals surface area contributed by atoms with Gasteiger partial charge in [0, 0.05) is 20.3 Å². The molecule has 1 unspecified atom stereocenters. The highest BCUT2D eigenvalue weighted by molar-refractivity contribution is 9.10. The largest absolute Gasteiger partial charge is 0.312 e. The van der Waals surface area contributed by atoms with Crippen LogP contribution in [0.3, 0.4) is 0 Å². The summed E-state index contributed by atoms with van der Waals surface area (Å²) in [7, 11) is 2.08. The molecule has 0 amide bonds. The summed E-state index contributed by atoms with van der Waals surface area (Å²) in [4.78, 5) is 2.85. The first-order valence-corrected chi connectivity index (χ1v) is 8.75. The molecule has 106 valence electrons. The first-order chi connectivity index (χ1) is 9.60. The van der Waals surface area contributed by atoms with Gasteiger partial charge in [0.1, 0.15) is 0 Å². The molecule has 0 aliphatic heterocycles. The van der Waals surface area contributed by atoms with Crippen LogP contribution in [-0.2, 0) is 0 Å². The minimum Gasteiger partial charge on any atom is -0.312 e. The molecule has 1 aliphatic carbocycles. The molecule has 1 aromatic carbocycles. The number of rotatable bonds is 4. The average Bonchev–Trinajstić information content (AvgIpc) is 3.13. The highest BCUT2D eigenvalue weighted by atomic mass is 79.9. The van der Waals surface area contributed by atoms with Crippen LogP contribution in [0.4, 0.5) is 0 Å². The van der Waals surface area contributed by atoms with Crippen molar-refractivity contribution in [2.45, 2.75) is 32.7 Å². The van der Waals surface area contributed by atoms with Crippen molar-refractivity contribution in [3.63, 3.8) is 0 Å². The monoisotopic (exact) mass is 349 g/mol. The van der Waals surface area contributed by atoms with E-state index in [1.807, 2.05) is 11.3 Å². The van der Waals surface area contributed by atoms with Gasteiger partial charge in [-0.3, -0.25) is 0 Å². The number of nitrogens with one attached hydrogen (secondary N) is 1. The lowest BCUT2D eigenvalue weighted by molar-refractivity contribution is 0.537. The maximum absolute atomic E-state index is 3.65. The van der Waals surface area contributed by atoms with Crippen molar-refractivity contribution in [3.8, 4) is 10.4 Å². The molecule has 1 saturated carbocycles. The highest BCUT2D eigenvalue weighted by Crippen LogP contribution is 2.44. The summed E-state index contributed by atoms with van der Waals surface area (Å²) in [6.07, 6.45) is 2.74. The molecule has 2 aromatic rings. The number of hydrogen-bond donors (Lipinski definition) is 1. The van der Waals surface area contributed by atoms with Crippen LogP contribution in [0, 0.1) is 19.8 Å². The van der Waals surface area contributed by atoms with E-state index in [-0.39, 0.29) is 0 Å². The van der Waals surface area contributed by atoms with Crippen molar-refractivity contribution in [1.29, 1.82) is 0 Å². The first kappa shape index (κ1) is 14.3. The molecule has 1 aromatic heterocycles. The molecule has 1 N–H and O–H groups in total. The lowest BCUT2D eigenvalue weighted by Gasteiger charge is -2.12. The number of hydrogen-bond acceptors (Lipinski definition) is 2. The number of aryl methyl sites for hydroxylation is 2. The van der Waals surface area contributed by atoms with Gasteiger partial charge in [-0.25, -0.2) is 0 Å². The molecular formula is C17H20BrNS. The Hall–Kier alpha value is -0.640. The molecular weight excluding hydrogens is 330 g/mol. The van der Waals surface area contributed by atoms with Crippen LogP contribution in [0.5, 0.6) is 0 Å². The molecule has 0 bridgehead atoms. The van der Waals surface area contributed by atoms with Crippen LogP contribution in [-0.4, -0.2) is 7.05 Å². The minimum atomic E-state index is 0.548. The quantitative estimate of drug-likeness (QED) is 0.771. The fourth-order valence-electron chi connectivity index (χ4n) is 2.80. The summed E-state index contributed by atoms with van der Waals surface area (Å²) in [5, 5.41) is 3.48. The Morgan fingerprint density at radius 2 is 1.85 bits per heavy atom. The minimum absolute atomic E-state index is 0.548. The lowest BCUT2D eigenvalue weighted by Crippen LogP contribution is -2.16. The Balaban J connectivity index is 1.93. The topological polar surface area (TPSA) is 12.0 Å². The number of benzene rings is 1. The van der Waals surface area contributed by atoms with Gasteiger partial charge in [-0.05, 0) is 80.6 Å². The average molecular weight is 350 g/mol. The molecule has 3 rings (SSSR count). The number of thiophene rings is 1. The third-order valence-corrected chi connectivity index (χ3v) is 6.53. The molecule has 0 spiro atoms. The van der Waals surface area contributed by atoms with Crippen LogP contribution < -0.4 is 5.32 Å². The van der Waals surface area contributed by atoms with Gasteiger partial charge in [0.25, 0.3) is 0 Å². The molecule has 1 nitrogen and oxygen atoms in total. The van der Waals surface area contributed by atoms with Crippen molar-refractivity contribution in [1.82, 2.24) is 5.32 Å². The standard InChI is InChI=1S/C17H20BrNS/c1-10-8-13(9-11(2)16(10)18)14-6-7-15(20-14)17(19-3)12-4-5-12/h6-9,12,17,19H,4-5H2,1-3H3. The smallest absolute Gasteiger partial charge is 0.0441 e. The summed E-state index contributed by atoms with van der Waals surface area (Å²) in [5.74, 6) is 0.847. The van der Waals surface area contributed by atoms with Gasteiger partial charge in [-0.2, -0.15) is 0 Å². The predicted molar refractivity (Wildman–Crippen MR) is 91.5 cm³/mol. The van der Waals surface area contributed by atoms with E-state index in [1.165, 1.54) is 43.8 Å². The van der Waals surface area contributed by atoms with Crippen molar-refractivity contribution in [3.05, 3.63) is 44.7 Å². The van der Waals surface area contributed by atoms with Gasteiger partial charge in [-0.15, -0.1) is 11.3 Å². The summed E-state index contributed by atoms with van der Waals surface area (Å²) < 4.78 is 1.23. The SMILES string of the molecule is CNC(c1ccc(-c2cc(C)c(Br)c(C)c2)s1)C1CC1. The third kappa shape index (κ3) is 2.72. The highest BCUT2D eigenvalue weighted by Gasteiger charge is 2.32. The van der Waals surface area contributed by atoms with E-state index in [0.717, 1.165) is 5.92 Å². The van der Waals surface area contributed by atoms with Crippen molar-refractivity contribution < 1.29 is 0 Å². The Kier molecular flexibility index (Phi) is 4.02. The Labute approximate surface area is 133 Å². The molecule has 3 heteroatoms. The van der Waals surface area contributed by atoms with E-state index < -0.39 is 0 Å². The summed E-state index contributed by atoms with van der Waals surface area (Å²) in [5.41, 5.74) is 3.95. The molecule has 1 atom stereocenters. The fourth-order valence-corrected chi connectivity index (χ4v) is 4.23. The van der Waals surface area contributed by atoms with Crippen molar-refractivity contribution in [2.24, 2.45) is 5.92 Å². The first-order valence-electron chi connectivity index (χ1n) is 7.14.